The Labute approximate surface area is 114 Å². The molecule has 0 amide bonds. The molecule has 1 rings (SSSR count). The van der Waals surface area contributed by atoms with Crippen molar-refractivity contribution < 1.29 is 9.66 Å². The highest BCUT2D eigenvalue weighted by Gasteiger charge is 2.19. The second-order valence-corrected chi connectivity index (χ2v) is 5.77. The van der Waals surface area contributed by atoms with Crippen molar-refractivity contribution in [2.24, 2.45) is 5.41 Å². The summed E-state index contributed by atoms with van der Waals surface area (Å²) in [5.41, 5.74) is 1.05. The van der Waals surface area contributed by atoms with E-state index in [2.05, 4.69) is 33.0 Å². The predicted octanol–water partition coefficient (Wildman–Crippen LogP) is 3.13. The molecule has 0 heterocycles. The Morgan fingerprint density at radius 1 is 1.37 bits per heavy atom. The maximum Gasteiger partial charge on any atom is 0.273 e. The van der Waals surface area contributed by atoms with E-state index in [0.717, 1.165) is 5.56 Å². The van der Waals surface area contributed by atoms with Crippen LogP contribution in [0, 0.1) is 15.5 Å². The number of non-ortho nitro benzene ring substituents is 1. The normalized spacial score (nSPS) is 13.1. The van der Waals surface area contributed by atoms with Crippen molar-refractivity contribution in [2.75, 3.05) is 7.11 Å². The van der Waals surface area contributed by atoms with Gasteiger partial charge in [0.1, 0.15) is 5.75 Å². The van der Waals surface area contributed by atoms with E-state index in [-0.39, 0.29) is 11.1 Å². The molecule has 0 aromatic heterocycles. The Balaban J connectivity index is 2.83. The summed E-state index contributed by atoms with van der Waals surface area (Å²) in [4.78, 5) is 10.4. The van der Waals surface area contributed by atoms with Gasteiger partial charge in [-0.15, -0.1) is 0 Å². The van der Waals surface area contributed by atoms with Crippen molar-refractivity contribution in [1.29, 1.82) is 0 Å². The van der Waals surface area contributed by atoms with E-state index in [4.69, 9.17) is 4.74 Å². The highest BCUT2D eigenvalue weighted by molar-refractivity contribution is 5.42. The minimum absolute atomic E-state index is 0.0551. The molecule has 106 valence electrons. The first-order valence-electron chi connectivity index (χ1n) is 6.29. The van der Waals surface area contributed by atoms with E-state index < -0.39 is 4.92 Å². The summed E-state index contributed by atoms with van der Waals surface area (Å²) in [5, 5.41) is 14.2. The molecule has 0 spiro atoms. The van der Waals surface area contributed by atoms with Crippen LogP contribution in [0.1, 0.15) is 33.3 Å². The average Bonchev–Trinajstić information content (AvgIpc) is 2.34. The van der Waals surface area contributed by atoms with E-state index in [0.29, 0.717) is 18.3 Å². The van der Waals surface area contributed by atoms with Gasteiger partial charge in [-0.2, -0.15) is 0 Å². The fraction of sp³-hybridized carbons (Fsp3) is 0.571. The topological polar surface area (TPSA) is 64.4 Å². The number of nitrogens with one attached hydrogen (secondary N) is 1. The molecule has 1 atom stereocenters. The molecule has 1 unspecified atom stereocenters. The van der Waals surface area contributed by atoms with E-state index in [1.165, 1.54) is 13.2 Å². The molecule has 5 nitrogen and oxygen atoms in total. The van der Waals surface area contributed by atoms with Gasteiger partial charge in [0, 0.05) is 18.7 Å². The average molecular weight is 266 g/mol. The Morgan fingerprint density at radius 3 is 2.47 bits per heavy atom. The van der Waals surface area contributed by atoms with Gasteiger partial charge in [0.2, 0.25) is 0 Å². The zero-order chi connectivity index (χ0) is 14.6. The molecule has 5 heteroatoms. The Morgan fingerprint density at radius 2 is 2.00 bits per heavy atom. The maximum atomic E-state index is 10.8. The van der Waals surface area contributed by atoms with Crippen LogP contribution in [0.15, 0.2) is 18.2 Å². The van der Waals surface area contributed by atoms with Crippen LogP contribution in [-0.2, 0) is 6.54 Å². The van der Waals surface area contributed by atoms with Crippen LogP contribution in [0.5, 0.6) is 5.75 Å². The summed E-state index contributed by atoms with van der Waals surface area (Å²) in [7, 11) is 1.51. The van der Waals surface area contributed by atoms with Crippen molar-refractivity contribution in [3.63, 3.8) is 0 Å². The summed E-state index contributed by atoms with van der Waals surface area (Å²) in [6.45, 7) is 9.14. The van der Waals surface area contributed by atoms with Crippen molar-refractivity contribution in [2.45, 2.75) is 40.3 Å². The van der Waals surface area contributed by atoms with E-state index in [1.54, 1.807) is 6.07 Å². The van der Waals surface area contributed by atoms with Gasteiger partial charge in [-0.1, -0.05) is 20.8 Å². The largest absolute Gasteiger partial charge is 0.496 e. The van der Waals surface area contributed by atoms with Gasteiger partial charge in [0.05, 0.1) is 18.1 Å². The lowest BCUT2D eigenvalue weighted by Crippen LogP contribution is -2.37. The molecular weight excluding hydrogens is 244 g/mol. The smallest absolute Gasteiger partial charge is 0.273 e. The maximum absolute atomic E-state index is 10.8. The third kappa shape index (κ3) is 4.52. The van der Waals surface area contributed by atoms with Gasteiger partial charge in [0.15, 0.2) is 0 Å². The zero-order valence-electron chi connectivity index (χ0n) is 12.2. The van der Waals surface area contributed by atoms with Gasteiger partial charge in [0.25, 0.3) is 5.69 Å². The predicted molar refractivity (Wildman–Crippen MR) is 75.4 cm³/mol. The van der Waals surface area contributed by atoms with Crippen LogP contribution >= 0.6 is 0 Å². The fourth-order valence-electron chi connectivity index (χ4n) is 1.55. The first-order valence-corrected chi connectivity index (χ1v) is 6.29. The van der Waals surface area contributed by atoms with Crippen molar-refractivity contribution in [1.82, 2.24) is 5.32 Å². The lowest BCUT2D eigenvalue weighted by atomic mass is 9.88. The Bertz CT molecular complexity index is 452. The van der Waals surface area contributed by atoms with Crippen molar-refractivity contribution >= 4 is 5.69 Å². The summed E-state index contributed by atoms with van der Waals surface area (Å²) < 4.78 is 5.09. The molecular formula is C14H22N2O3. The minimum atomic E-state index is -0.404. The SMILES string of the molecule is COc1cc(CNC(C)C(C)(C)C)cc([N+](=O)[O-])c1. The summed E-state index contributed by atoms with van der Waals surface area (Å²) >= 11 is 0. The molecule has 1 N–H and O–H groups in total. The standard InChI is InChI=1S/C14H22N2O3/c1-10(14(2,3)4)15-9-11-6-12(16(17)18)8-13(7-11)19-5/h6-8,10,15H,9H2,1-5H3. The van der Waals surface area contributed by atoms with Crippen LogP contribution in [0.4, 0.5) is 5.69 Å². The number of hydrogen-bond donors (Lipinski definition) is 1. The first-order chi connectivity index (χ1) is 8.74. The lowest BCUT2D eigenvalue weighted by Gasteiger charge is -2.28. The number of rotatable bonds is 5. The molecule has 1 aromatic carbocycles. The molecule has 0 saturated carbocycles. The number of ether oxygens (including phenoxy) is 1. The first kappa shape index (κ1) is 15.4. The van der Waals surface area contributed by atoms with Gasteiger partial charge in [-0.25, -0.2) is 0 Å². The third-order valence-electron chi connectivity index (χ3n) is 3.31. The van der Waals surface area contributed by atoms with E-state index >= 15 is 0 Å². The fourth-order valence-corrected chi connectivity index (χ4v) is 1.55. The van der Waals surface area contributed by atoms with Crippen molar-refractivity contribution in [3.8, 4) is 5.75 Å². The monoisotopic (exact) mass is 266 g/mol. The zero-order valence-corrected chi connectivity index (χ0v) is 12.2. The highest BCUT2D eigenvalue weighted by atomic mass is 16.6. The number of methoxy groups -OCH3 is 1. The molecule has 0 radical (unpaired) electrons. The van der Waals surface area contributed by atoms with Crippen molar-refractivity contribution in [3.05, 3.63) is 33.9 Å². The number of nitro benzene ring substituents is 1. The molecule has 0 bridgehead atoms. The van der Waals surface area contributed by atoms with Crippen LogP contribution in [0.3, 0.4) is 0 Å². The van der Waals surface area contributed by atoms with Gasteiger partial charge in [-0.05, 0) is 24.0 Å². The molecule has 0 aliphatic heterocycles. The molecule has 1 aromatic rings. The van der Waals surface area contributed by atoms with Crippen LogP contribution < -0.4 is 10.1 Å². The third-order valence-corrected chi connectivity index (χ3v) is 3.31. The van der Waals surface area contributed by atoms with Gasteiger partial charge < -0.3 is 10.1 Å². The summed E-state index contributed by atoms with van der Waals surface area (Å²) in [6.07, 6.45) is 0. The second kappa shape index (κ2) is 6.02. The van der Waals surface area contributed by atoms with Gasteiger partial charge in [-0.3, -0.25) is 10.1 Å². The molecule has 0 aliphatic rings. The van der Waals surface area contributed by atoms with Crippen LogP contribution in [0.2, 0.25) is 0 Å². The number of nitro groups is 1. The Hall–Kier alpha value is -1.62. The molecule has 0 saturated heterocycles. The summed E-state index contributed by atoms with van der Waals surface area (Å²) in [6, 6.07) is 5.12. The quantitative estimate of drug-likeness (QED) is 0.657. The number of hydrogen-bond acceptors (Lipinski definition) is 4. The summed E-state index contributed by atoms with van der Waals surface area (Å²) in [5.74, 6) is 0.509. The minimum Gasteiger partial charge on any atom is -0.496 e. The van der Waals surface area contributed by atoms with Crippen LogP contribution in [-0.4, -0.2) is 18.1 Å². The van der Waals surface area contributed by atoms with E-state index in [1.807, 2.05) is 6.07 Å². The van der Waals surface area contributed by atoms with Gasteiger partial charge >= 0.3 is 0 Å². The van der Waals surface area contributed by atoms with Crippen LogP contribution in [0.25, 0.3) is 0 Å². The lowest BCUT2D eigenvalue weighted by molar-refractivity contribution is -0.385. The number of benzene rings is 1. The molecule has 19 heavy (non-hydrogen) atoms. The molecule has 0 aliphatic carbocycles. The number of nitrogens with zero attached hydrogens (tertiary/aromatic N) is 1. The highest BCUT2D eigenvalue weighted by Crippen LogP contribution is 2.23. The van der Waals surface area contributed by atoms with E-state index in [9.17, 15) is 10.1 Å². The second-order valence-electron chi connectivity index (χ2n) is 5.77. The molecule has 0 fully saturated rings. The Kier molecular flexibility index (Phi) is 4.89.